The number of benzene rings is 1. The van der Waals surface area contributed by atoms with Crippen LogP contribution in [-0.4, -0.2) is 38.5 Å². The second kappa shape index (κ2) is 7.61. The molecule has 0 spiro atoms. The molecule has 0 bridgehead atoms. The molecule has 2 aromatic rings. The number of methoxy groups -OCH3 is 2. The molecule has 3 rings (SSSR count). The highest BCUT2D eigenvalue weighted by atomic mass is 16.6. The molecule has 1 atom stereocenters. The van der Waals surface area contributed by atoms with Crippen molar-refractivity contribution in [2.75, 3.05) is 27.4 Å². The van der Waals surface area contributed by atoms with E-state index >= 15 is 0 Å². The standard InChI is InChI=1S/C19H20O8/c1-10-6-13(20)17(22)18(27-10)12(9-16(21)24-3)11-7-14(23-2)19-15(8-11)25-4-5-26-19/h6-8,12,22H,4-5,9H2,1-3H3. The van der Waals surface area contributed by atoms with Crippen LogP contribution in [0.15, 0.2) is 27.4 Å². The quantitative estimate of drug-likeness (QED) is 0.792. The van der Waals surface area contributed by atoms with Crippen LogP contribution in [0.1, 0.15) is 29.4 Å². The monoisotopic (exact) mass is 376 g/mol. The number of esters is 1. The first-order valence-corrected chi connectivity index (χ1v) is 8.32. The van der Waals surface area contributed by atoms with Gasteiger partial charge in [0.05, 0.1) is 26.6 Å². The van der Waals surface area contributed by atoms with Crippen molar-refractivity contribution in [1.82, 2.24) is 0 Å². The normalized spacial score (nSPS) is 13.7. The van der Waals surface area contributed by atoms with E-state index in [9.17, 15) is 14.7 Å². The molecule has 0 radical (unpaired) electrons. The Labute approximate surface area is 155 Å². The highest BCUT2D eigenvalue weighted by molar-refractivity contribution is 5.71. The van der Waals surface area contributed by atoms with Crippen molar-refractivity contribution in [2.45, 2.75) is 19.3 Å². The molecular formula is C19H20O8. The van der Waals surface area contributed by atoms with E-state index in [1.807, 2.05) is 0 Å². The molecule has 0 amide bonds. The summed E-state index contributed by atoms with van der Waals surface area (Å²) in [6, 6.07) is 4.51. The van der Waals surface area contributed by atoms with Gasteiger partial charge >= 0.3 is 5.97 Å². The van der Waals surface area contributed by atoms with Gasteiger partial charge in [-0.25, -0.2) is 0 Å². The second-order valence-electron chi connectivity index (χ2n) is 6.01. The predicted octanol–water partition coefficient (Wildman–Crippen LogP) is 2.13. The first kappa shape index (κ1) is 18.6. The van der Waals surface area contributed by atoms with Crippen molar-refractivity contribution in [1.29, 1.82) is 0 Å². The maximum Gasteiger partial charge on any atom is 0.306 e. The number of ether oxygens (including phenoxy) is 4. The molecule has 0 aliphatic carbocycles. The summed E-state index contributed by atoms with van der Waals surface area (Å²) in [4.78, 5) is 24.0. The van der Waals surface area contributed by atoms with Crippen molar-refractivity contribution >= 4 is 5.97 Å². The van der Waals surface area contributed by atoms with Gasteiger partial charge < -0.3 is 28.5 Å². The first-order chi connectivity index (χ1) is 12.9. The van der Waals surface area contributed by atoms with Gasteiger partial charge in [0.15, 0.2) is 17.3 Å². The Bertz CT molecular complexity index is 897. The van der Waals surface area contributed by atoms with Crippen LogP contribution in [0.4, 0.5) is 0 Å². The maximum absolute atomic E-state index is 12.0. The molecule has 1 aliphatic heterocycles. The Hall–Kier alpha value is -3.16. The van der Waals surface area contributed by atoms with Crippen molar-refractivity contribution in [3.05, 3.63) is 45.5 Å². The van der Waals surface area contributed by atoms with E-state index in [-0.39, 0.29) is 12.2 Å². The van der Waals surface area contributed by atoms with E-state index in [1.54, 1.807) is 19.1 Å². The highest BCUT2D eigenvalue weighted by Crippen LogP contribution is 2.44. The van der Waals surface area contributed by atoms with Gasteiger partial charge in [0.2, 0.25) is 16.9 Å². The number of aromatic hydroxyl groups is 1. The molecule has 1 unspecified atom stereocenters. The zero-order valence-electron chi connectivity index (χ0n) is 15.2. The van der Waals surface area contributed by atoms with Crippen LogP contribution >= 0.6 is 0 Å². The summed E-state index contributed by atoms with van der Waals surface area (Å²) in [7, 11) is 2.74. The number of fused-ring (bicyclic) bond motifs is 1. The van der Waals surface area contributed by atoms with Gasteiger partial charge in [-0.3, -0.25) is 9.59 Å². The predicted molar refractivity (Wildman–Crippen MR) is 93.8 cm³/mol. The molecule has 2 heterocycles. The minimum atomic E-state index is -0.783. The van der Waals surface area contributed by atoms with Crippen LogP contribution in [-0.2, 0) is 9.53 Å². The average molecular weight is 376 g/mol. The molecule has 27 heavy (non-hydrogen) atoms. The number of aryl methyl sites for hydroxylation is 1. The third-order valence-electron chi connectivity index (χ3n) is 4.24. The lowest BCUT2D eigenvalue weighted by Crippen LogP contribution is -2.18. The summed E-state index contributed by atoms with van der Waals surface area (Å²) in [5, 5.41) is 10.3. The van der Waals surface area contributed by atoms with Crippen molar-refractivity contribution in [2.24, 2.45) is 0 Å². The minimum Gasteiger partial charge on any atom is -0.502 e. The van der Waals surface area contributed by atoms with Crippen LogP contribution in [0.2, 0.25) is 0 Å². The number of hydrogen-bond donors (Lipinski definition) is 1. The summed E-state index contributed by atoms with van der Waals surface area (Å²) in [5.41, 5.74) is -0.0429. The van der Waals surface area contributed by atoms with Gasteiger partial charge in [0.25, 0.3) is 0 Å². The van der Waals surface area contributed by atoms with Gasteiger partial charge in [0, 0.05) is 6.07 Å². The van der Waals surface area contributed by atoms with Gasteiger partial charge in [0.1, 0.15) is 19.0 Å². The third-order valence-corrected chi connectivity index (χ3v) is 4.24. The number of carbonyl (C=O) groups excluding carboxylic acids is 1. The fraction of sp³-hybridized carbons (Fsp3) is 0.368. The number of rotatable bonds is 5. The molecule has 1 aliphatic rings. The highest BCUT2D eigenvalue weighted by Gasteiger charge is 2.29. The van der Waals surface area contributed by atoms with E-state index in [1.165, 1.54) is 20.3 Å². The van der Waals surface area contributed by atoms with Crippen molar-refractivity contribution in [3.8, 4) is 23.0 Å². The van der Waals surface area contributed by atoms with Crippen LogP contribution in [0.25, 0.3) is 0 Å². The van der Waals surface area contributed by atoms with E-state index in [2.05, 4.69) is 0 Å². The lowest BCUT2D eigenvalue weighted by molar-refractivity contribution is -0.140. The van der Waals surface area contributed by atoms with Crippen LogP contribution in [0.3, 0.4) is 0 Å². The van der Waals surface area contributed by atoms with E-state index < -0.39 is 23.1 Å². The maximum atomic E-state index is 12.0. The summed E-state index contributed by atoms with van der Waals surface area (Å²) in [5.74, 6) is -0.266. The molecule has 1 aromatic heterocycles. The van der Waals surface area contributed by atoms with Crippen LogP contribution < -0.4 is 19.6 Å². The Morgan fingerprint density at radius 2 is 1.96 bits per heavy atom. The van der Waals surface area contributed by atoms with E-state index in [0.29, 0.717) is 41.8 Å². The molecule has 0 fully saturated rings. The van der Waals surface area contributed by atoms with Gasteiger partial charge in [-0.2, -0.15) is 0 Å². The summed E-state index contributed by atoms with van der Waals surface area (Å²) in [6.07, 6.45) is -0.154. The molecule has 8 heteroatoms. The summed E-state index contributed by atoms with van der Waals surface area (Å²) < 4.78 is 26.9. The molecule has 1 N–H and O–H groups in total. The van der Waals surface area contributed by atoms with Gasteiger partial charge in [-0.1, -0.05) is 0 Å². The van der Waals surface area contributed by atoms with Crippen molar-refractivity contribution in [3.63, 3.8) is 0 Å². The van der Waals surface area contributed by atoms with E-state index in [4.69, 9.17) is 23.4 Å². The minimum absolute atomic E-state index is 0.0240. The molecular weight excluding hydrogens is 356 g/mol. The fourth-order valence-corrected chi connectivity index (χ4v) is 2.97. The lowest BCUT2D eigenvalue weighted by atomic mass is 9.91. The first-order valence-electron chi connectivity index (χ1n) is 8.32. The Kier molecular flexibility index (Phi) is 5.25. The van der Waals surface area contributed by atoms with Gasteiger partial charge in [-0.15, -0.1) is 0 Å². The zero-order chi connectivity index (χ0) is 19.6. The zero-order valence-corrected chi connectivity index (χ0v) is 15.2. The fourth-order valence-electron chi connectivity index (χ4n) is 2.97. The number of carbonyl (C=O) groups is 1. The topological polar surface area (TPSA) is 104 Å². The molecule has 0 saturated carbocycles. The Balaban J connectivity index is 2.17. The van der Waals surface area contributed by atoms with Crippen molar-refractivity contribution < 1.29 is 33.3 Å². The molecule has 0 saturated heterocycles. The lowest BCUT2D eigenvalue weighted by Gasteiger charge is -2.24. The summed E-state index contributed by atoms with van der Waals surface area (Å²) >= 11 is 0. The SMILES string of the molecule is COC(=O)CC(c1cc(OC)c2c(c1)OCCO2)c1oc(C)cc(=O)c1O. The van der Waals surface area contributed by atoms with Crippen LogP contribution in [0, 0.1) is 6.92 Å². The molecule has 1 aromatic carbocycles. The van der Waals surface area contributed by atoms with Crippen LogP contribution in [0.5, 0.6) is 23.0 Å². The van der Waals surface area contributed by atoms with E-state index in [0.717, 1.165) is 0 Å². The Morgan fingerprint density at radius 1 is 1.22 bits per heavy atom. The second-order valence-corrected chi connectivity index (χ2v) is 6.01. The van der Waals surface area contributed by atoms with Gasteiger partial charge in [-0.05, 0) is 24.6 Å². The third kappa shape index (κ3) is 3.69. The summed E-state index contributed by atoms with van der Waals surface area (Å²) in [6.45, 7) is 2.35. The smallest absolute Gasteiger partial charge is 0.306 e. The Morgan fingerprint density at radius 3 is 2.67 bits per heavy atom. The average Bonchev–Trinajstić information content (AvgIpc) is 2.67. The molecule has 8 nitrogen and oxygen atoms in total. The largest absolute Gasteiger partial charge is 0.502 e. The molecule has 144 valence electrons. The number of hydrogen-bond acceptors (Lipinski definition) is 8.